The Hall–Kier alpha value is -1.42. The number of rotatable bonds is 2. The largest absolute Gasteiger partial charge is 0.458 e. The molecule has 1 heterocycles. The topological polar surface area (TPSA) is 90.2 Å². The minimum atomic E-state index is -5.01. The summed E-state index contributed by atoms with van der Waals surface area (Å²) in [4.78, 5) is 10.7. The lowest BCUT2D eigenvalue weighted by Gasteiger charge is -2.03. The number of halogens is 4. The van der Waals surface area contributed by atoms with Crippen LogP contribution < -0.4 is 0 Å². The summed E-state index contributed by atoms with van der Waals surface area (Å²) in [5, 5.41) is 10.3. The molecule has 0 aromatic carbocycles. The lowest BCUT2D eigenvalue weighted by molar-refractivity contribution is -0.390. The van der Waals surface area contributed by atoms with E-state index in [1.165, 1.54) is 0 Å². The molecule has 6 nitrogen and oxygen atoms in total. The van der Waals surface area contributed by atoms with E-state index in [2.05, 4.69) is 4.98 Å². The standard InChI is InChI=1S/C6H2ClF3N2O4S/c7-17(15,16)3-1-4(6(8,9)10)11-5(2-3)12(13)14/h1-2H. The van der Waals surface area contributed by atoms with E-state index in [9.17, 15) is 31.7 Å². The Kier molecular flexibility index (Phi) is 3.30. The average molecular weight is 291 g/mol. The zero-order chi connectivity index (χ0) is 13.4. The van der Waals surface area contributed by atoms with Crippen molar-refractivity contribution in [1.82, 2.24) is 4.98 Å². The normalized spacial score (nSPS) is 12.5. The number of pyridine rings is 1. The number of nitro groups is 1. The van der Waals surface area contributed by atoms with Gasteiger partial charge < -0.3 is 10.1 Å². The van der Waals surface area contributed by atoms with E-state index in [0.717, 1.165) is 0 Å². The van der Waals surface area contributed by atoms with Crippen LogP contribution in [0.25, 0.3) is 0 Å². The summed E-state index contributed by atoms with van der Waals surface area (Å²) >= 11 is 0. The van der Waals surface area contributed by atoms with Gasteiger partial charge in [0.15, 0.2) is 0 Å². The molecule has 0 spiro atoms. The van der Waals surface area contributed by atoms with Gasteiger partial charge >= 0.3 is 12.0 Å². The van der Waals surface area contributed by atoms with Crippen LogP contribution in [0.4, 0.5) is 19.0 Å². The predicted molar refractivity (Wildman–Crippen MR) is 48.9 cm³/mol. The van der Waals surface area contributed by atoms with Gasteiger partial charge in [-0.15, -0.1) is 0 Å². The van der Waals surface area contributed by atoms with Crippen molar-refractivity contribution in [2.24, 2.45) is 0 Å². The Bertz CT molecular complexity index is 571. The predicted octanol–water partition coefficient (Wildman–Crippen LogP) is 1.94. The van der Waals surface area contributed by atoms with Gasteiger partial charge in [-0.25, -0.2) is 8.42 Å². The van der Waals surface area contributed by atoms with Gasteiger partial charge in [-0.3, -0.25) is 0 Å². The molecular weight excluding hydrogens is 289 g/mol. The van der Waals surface area contributed by atoms with Crippen molar-refractivity contribution < 1.29 is 26.5 Å². The van der Waals surface area contributed by atoms with Crippen molar-refractivity contribution in [3.63, 3.8) is 0 Å². The van der Waals surface area contributed by atoms with Crippen LogP contribution in [0.5, 0.6) is 0 Å². The first-order chi connectivity index (χ1) is 7.51. The smallest absolute Gasteiger partial charge is 0.358 e. The summed E-state index contributed by atoms with van der Waals surface area (Å²) < 4.78 is 58.5. The van der Waals surface area contributed by atoms with E-state index in [1.54, 1.807) is 0 Å². The minimum absolute atomic E-state index is 0.120. The third-order valence-corrected chi connectivity index (χ3v) is 2.88. The highest BCUT2D eigenvalue weighted by molar-refractivity contribution is 8.13. The summed E-state index contributed by atoms with van der Waals surface area (Å²) in [6, 6.07) is 0.465. The zero-order valence-corrected chi connectivity index (χ0v) is 9.17. The molecule has 11 heteroatoms. The first kappa shape index (κ1) is 13.6. The van der Waals surface area contributed by atoms with Crippen molar-refractivity contribution in [1.29, 1.82) is 0 Å². The van der Waals surface area contributed by atoms with E-state index in [1.807, 2.05) is 0 Å². The number of aromatic nitrogens is 1. The second kappa shape index (κ2) is 4.11. The summed E-state index contributed by atoms with van der Waals surface area (Å²) in [6.07, 6.45) is -5.01. The average Bonchev–Trinajstić information content (AvgIpc) is 2.14. The second-order valence-electron chi connectivity index (χ2n) is 2.74. The van der Waals surface area contributed by atoms with Gasteiger partial charge in [-0.1, -0.05) is 0 Å². The van der Waals surface area contributed by atoms with Crippen LogP contribution in [-0.2, 0) is 15.2 Å². The lowest BCUT2D eigenvalue weighted by Crippen LogP contribution is -2.11. The maximum absolute atomic E-state index is 12.3. The SMILES string of the molecule is O=[N+]([O-])c1cc(S(=O)(=O)Cl)cc(C(F)(F)F)n1. The van der Waals surface area contributed by atoms with Crippen LogP contribution in [0, 0.1) is 10.1 Å². The van der Waals surface area contributed by atoms with Crippen LogP contribution in [-0.4, -0.2) is 18.3 Å². The molecule has 1 aromatic heterocycles. The van der Waals surface area contributed by atoms with Gasteiger partial charge in [0.25, 0.3) is 14.7 Å². The van der Waals surface area contributed by atoms with E-state index >= 15 is 0 Å². The fourth-order valence-corrected chi connectivity index (χ4v) is 1.64. The third-order valence-electron chi connectivity index (χ3n) is 1.54. The molecule has 0 aliphatic carbocycles. The van der Waals surface area contributed by atoms with E-state index in [0.29, 0.717) is 6.07 Å². The molecule has 0 radical (unpaired) electrons. The molecule has 0 fully saturated rings. The Morgan fingerprint density at radius 2 is 1.88 bits per heavy atom. The molecule has 0 N–H and O–H groups in total. The Morgan fingerprint density at radius 3 is 2.24 bits per heavy atom. The molecule has 0 bridgehead atoms. The summed E-state index contributed by atoms with van der Waals surface area (Å²) in [7, 11) is 0.298. The van der Waals surface area contributed by atoms with E-state index in [4.69, 9.17) is 10.7 Å². The number of hydrogen-bond acceptors (Lipinski definition) is 5. The molecule has 94 valence electrons. The molecule has 1 rings (SSSR count). The minimum Gasteiger partial charge on any atom is -0.358 e. The number of hydrogen-bond donors (Lipinski definition) is 0. The molecule has 0 atom stereocenters. The van der Waals surface area contributed by atoms with Crippen molar-refractivity contribution >= 4 is 25.6 Å². The summed E-state index contributed by atoms with van der Waals surface area (Å²) in [5.41, 5.74) is -1.70. The maximum atomic E-state index is 12.3. The van der Waals surface area contributed by atoms with Gasteiger partial charge in [-0.05, 0) is 9.91 Å². The first-order valence-electron chi connectivity index (χ1n) is 3.70. The number of nitrogens with zero attached hydrogens (tertiary/aromatic N) is 2. The van der Waals surface area contributed by atoms with Crippen LogP contribution >= 0.6 is 10.7 Å². The van der Waals surface area contributed by atoms with Crippen LogP contribution in [0.3, 0.4) is 0 Å². The second-order valence-corrected chi connectivity index (χ2v) is 5.30. The molecule has 1 aromatic rings. The highest BCUT2D eigenvalue weighted by atomic mass is 35.7. The van der Waals surface area contributed by atoms with Gasteiger partial charge in [0.2, 0.25) is 0 Å². The summed E-state index contributed by atoms with van der Waals surface area (Å²) in [6.45, 7) is 0. The molecule has 0 amide bonds. The van der Waals surface area contributed by atoms with Crippen LogP contribution in [0.15, 0.2) is 17.0 Å². The van der Waals surface area contributed by atoms with Crippen molar-refractivity contribution in [3.8, 4) is 0 Å². The summed E-state index contributed by atoms with van der Waals surface area (Å²) in [5.74, 6) is -1.25. The van der Waals surface area contributed by atoms with Crippen molar-refractivity contribution in [2.75, 3.05) is 0 Å². The molecule has 0 saturated heterocycles. The first-order valence-corrected chi connectivity index (χ1v) is 6.01. The Labute approximate surface area is 96.6 Å². The van der Waals surface area contributed by atoms with Gasteiger partial charge in [0.05, 0.1) is 11.0 Å². The van der Waals surface area contributed by atoms with Crippen LogP contribution in [0.1, 0.15) is 5.69 Å². The Morgan fingerprint density at radius 1 is 1.35 bits per heavy atom. The van der Waals surface area contributed by atoms with E-state index in [-0.39, 0.29) is 6.07 Å². The van der Waals surface area contributed by atoms with Gasteiger partial charge in [0, 0.05) is 16.7 Å². The third kappa shape index (κ3) is 3.27. The molecule has 0 saturated carbocycles. The highest BCUT2D eigenvalue weighted by Gasteiger charge is 2.39. The molecular formula is C6H2ClF3N2O4S. The lowest BCUT2D eigenvalue weighted by atomic mass is 10.3. The molecule has 0 aliphatic heterocycles. The number of alkyl halides is 3. The van der Waals surface area contributed by atoms with E-state index < -0.39 is 36.6 Å². The van der Waals surface area contributed by atoms with Crippen molar-refractivity contribution in [2.45, 2.75) is 11.1 Å². The molecule has 0 aliphatic rings. The van der Waals surface area contributed by atoms with Gasteiger partial charge in [0.1, 0.15) is 0 Å². The Balaban J connectivity index is 3.56. The van der Waals surface area contributed by atoms with Crippen LogP contribution in [0.2, 0.25) is 0 Å². The fourth-order valence-electron chi connectivity index (χ4n) is 0.871. The fraction of sp³-hybridized carbons (Fsp3) is 0.167. The molecule has 0 unspecified atom stereocenters. The van der Waals surface area contributed by atoms with Gasteiger partial charge in [-0.2, -0.15) is 13.2 Å². The zero-order valence-electron chi connectivity index (χ0n) is 7.60. The van der Waals surface area contributed by atoms with Crippen molar-refractivity contribution in [3.05, 3.63) is 27.9 Å². The highest BCUT2D eigenvalue weighted by Crippen LogP contribution is 2.31. The maximum Gasteiger partial charge on any atom is 0.458 e. The quantitative estimate of drug-likeness (QED) is 0.471. The molecule has 17 heavy (non-hydrogen) atoms. The monoisotopic (exact) mass is 290 g/mol.